The van der Waals surface area contributed by atoms with E-state index in [-0.39, 0.29) is 22.7 Å². The van der Waals surface area contributed by atoms with Gasteiger partial charge in [0.2, 0.25) is 10.0 Å². The number of nitrogens with zero attached hydrogens (tertiary/aromatic N) is 2. The van der Waals surface area contributed by atoms with Gasteiger partial charge in [0, 0.05) is 0 Å². The van der Waals surface area contributed by atoms with E-state index in [1.54, 1.807) is 13.0 Å². The third-order valence-electron chi connectivity index (χ3n) is 2.24. The fourth-order valence-corrected chi connectivity index (χ4v) is 2.69. The Morgan fingerprint density at radius 3 is 2.61 bits per heavy atom. The second kappa shape index (κ2) is 5.72. The van der Waals surface area contributed by atoms with Crippen LogP contribution < -0.4 is 4.72 Å². The highest BCUT2D eigenvalue weighted by Crippen LogP contribution is 2.25. The number of sulfonamides is 1. The zero-order valence-electron chi connectivity index (χ0n) is 9.51. The van der Waals surface area contributed by atoms with Crippen molar-refractivity contribution < 1.29 is 8.42 Å². The van der Waals surface area contributed by atoms with Crippen LogP contribution in [0.5, 0.6) is 0 Å². The van der Waals surface area contributed by atoms with Gasteiger partial charge in [-0.25, -0.2) is 8.42 Å². The predicted molar refractivity (Wildman–Crippen MR) is 68.4 cm³/mol. The van der Waals surface area contributed by atoms with Gasteiger partial charge in [0.05, 0.1) is 28.4 Å². The van der Waals surface area contributed by atoms with Crippen LogP contribution in [0.15, 0.2) is 18.2 Å². The van der Waals surface area contributed by atoms with Gasteiger partial charge in [-0.2, -0.15) is 10.5 Å². The minimum atomic E-state index is -3.83. The van der Waals surface area contributed by atoms with Crippen molar-refractivity contribution in [2.75, 3.05) is 4.72 Å². The highest BCUT2D eigenvalue weighted by atomic mass is 35.5. The minimum absolute atomic E-state index is 0.101. The van der Waals surface area contributed by atoms with Gasteiger partial charge in [-0.05, 0) is 24.6 Å². The lowest BCUT2D eigenvalue weighted by Gasteiger charge is -2.12. The van der Waals surface area contributed by atoms with Gasteiger partial charge in [0.15, 0.2) is 5.25 Å². The molecule has 5 nitrogen and oxygen atoms in total. The Bertz CT molecular complexity index is 629. The fourth-order valence-electron chi connectivity index (χ4n) is 1.28. The minimum Gasteiger partial charge on any atom is -0.281 e. The average Bonchev–Trinajstić information content (AvgIpc) is 2.33. The maximum atomic E-state index is 11.8. The summed E-state index contributed by atoms with van der Waals surface area (Å²) in [5, 5.41) is 16.5. The maximum absolute atomic E-state index is 11.8. The lowest BCUT2D eigenvalue weighted by atomic mass is 10.2. The second-order valence-electron chi connectivity index (χ2n) is 3.48. The third-order valence-corrected chi connectivity index (χ3v) is 4.26. The summed E-state index contributed by atoms with van der Waals surface area (Å²) in [4.78, 5) is 0. The first-order chi connectivity index (χ1) is 8.44. The van der Waals surface area contributed by atoms with Crippen LogP contribution in [-0.4, -0.2) is 13.7 Å². The zero-order valence-corrected chi connectivity index (χ0v) is 11.1. The highest BCUT2D eigenvalue weighted by molar-refractivity contribution is 7.93. The van der Waals surface area contributed by atoms with Gasteiger partial charge in [0.25, 0.3) is 0 Å². The summed E-state index contributed by atoms with van der Waals surface area (Å²) >= 11 is 5.83. The SMILES string of the molecule is CCC(C#N)S(=O)(=O)Nc1cc(C#N)ccc1Cl. The highest BCUT2D eigenvalue weighted by Gasteiger charge is 2.24. The molecule has 0 bridgehead atoms. The van der Waals surface area contributed by atoms with Gasteiger partial charge < -0.3 is 0 Å². The molecule has 0 saturated heterocycles. The Balaban J connectivity index is 3.13. The molecule has 18 heavy (non-hydrogen) atoms. The van der Waals surface area contributed by atoms with Crippen LogP contribution >= 0.6 is 11.6 Å². The van der Waals surface area contributed by atoms with Crippen LogP contribution in [0.3, 0.4) is 0 Å². The molecule has 1 aromatic rings. The summed E-state index contributed by atoms with van der Waals surface area (Å²) in [6, 6.07) is 7.80. The summed E-state index contributed by atoms with van der Waals surface area (Å²) in [5.74, 6) is 0. The van der Waals surface area contributed by atoms with Crippen molar-refractivity contribution >= 4 is 27.3 Å². The number of halogens is 1. The van der Waals surface area contributed by atoms with Gasteiger partial charge in [0.1, 0.15) is 0 Å². The van der Waals surface area contributed by atoms with E-state index in [1.165, 1.54) is 18.2 Å². The zero-order chi connectivity index (χ0) is 13.8. The Hall–Kier alpha value is -1.76. The van der Waals surface area contributed by atoms with Crippen LogP contribution in [0, 0.1) is 22.7 Å². The number of hydrogen-bond acceptors (Lipinski definition) is 4. The summed E-state index contributed by atoms with van der Waals surface area (Å²) in [6.07, 6.45) is 0.168. The van der Waals surface area contributed by atoms with Crippen molar-refractivity contribution in [1.82, 2.24) is 0 Å². The summed E-state index contributed by atoms with van der Waals surface area (Å²) in [6.45, 7) is 1.60. The monoisotopic (exact) mass is 283 g/mol. The first-order valence-electron chi connectivity index (χ1n) is 5.05. The van der Waals surface area contributed by atoms with Crippen molar-refractivity contribution in [2.45, 2.75) is 18.6 Å². The first kappa shape index (κ1) is 14.3. The number of nitrogens with one attached hydrogen (secondary N) is 1. The van der Waals surface area contributed by atoms with Crippen molar-refractivity contribution in [1.29, 1.82) is 10.5 Å². The molecule has 0 radical (unpaired) electrons. The van der Waals surface area contributed by atoms with Crippen molar-refractivity contribution in [3.8, 4) is 12.1 Å². The van der Waals surface area contributed by atoms with E-state index in [9.17, 15) is 8.42 Å². The molecule has 1 N–H and O–H groups in total. The largest absolute Gasteiger partial charge is 0.281 e. The summed E-state index contributed by atoms with van der Waals surface area (Å²) < 4.78 is 25.9. The summed E-state index contributed by atoms with van der Waals surface area (Å²) in [7, 11) is -3.83. The van der Waals surface area contributed by atoms with Crippen LogP contribution in [0.4, 0.5) is 5.69 Å². The molecule has 0 amide bonds. The first-order valence-corrected chi connectivity index (χ1v) is 6.98. The predicted octanol–water partition coefficient (Wildman–Crippen LogP) is 2.26. The van der Waals surface area contributed by atoms with Crippen LogP contribution in [0.25, 0.3) is 0 Å². The van der Waals surface area contributed by atoms with Crippen molar-refractivity contribution in [2.24, 2.45) is 0 Å². The van der Waals surface area contributed by atoms with Crippen LogP contribution in [0.2, 0.25) is 5.02 Å². The number of hydrogen-bond donors (Lipinski definition) is 1. The van der Waals surface area contributed by atoms with Crippen LogP contribution in [0.1, 0.15) is 18.9 Å². The van der Waals surface area contributed by atoms with Crippen LogP contribution in [-0.2, 0) is 10.0 Å². The topological polar surface area (TPSA) is 93.8 Å². The Kier molecular flexibility index (Phi) is 4.55. The van der Waals surface area contributed by atoms with E-state index in [2.05, 4.69) is 4.72 Å². The molecular formula is C11H10ClN3O2S. The Morgan fingerprint density at radius 2 is 2.11 bits per heavy atom. The van der Waals surface area contributed by atoms with E-state index < -0.39 is 15.3 Å². The molecule has 0 fully saturated rings. The molecule has 7 heteroatoms. The maximum Gasteiger partial charge on any atom is 0.249 e. The average molecular weight is 284 g/mol. The normalized spacial score (nSPS) is 12.2. The molecule has 0 aliphatic rings. The van der Waals surface area contributed by atoms with Gasteiger partial charge in [-0.3, -0.25) is 4.72 Å². The number of benzene rings is 1. The van der Waals surface area contributed by atoms with Gasteiger partial charge in [-0.15, -0.1) is 0 Å². The Morgan fingerprint density at radius 1 is 1.44 bits per heavy atom. The lowest BCUT2D eigenvalue weighted by molar-refractivity contribution is 0.593. The molecule has 1 rings (SSSR count). The number of anilines is 1. The number of nitriles is 2. The van der Waals surface area contributed by atoms with Gasteiger partial charge in [-0.1, -0.05) is 18.5 Å². The standard InChI is InChI=1S/C11H10ClN3O2S/c1-2-9(7-14)18(16,17)15-11-5-8(6-13)3-4-10(11)12/h3-5,9,15H,2H2,1H3. The summed E-state index contributed by atoms with van der Waals surface area (Å²) in [5.41, 5.74) is 0.381. The van der Waals surface area contributed by atoms with E-state index >= 15 is 0 Å². The number of rotatable bonds is 4. The molecule has 0 aromatic heterocycles. The van der Waals surface area contributed by atoms with E-state index in [0.717, 1.165) is 0 Å². The molecule has 0 spiro atoms. The quantitative estimate of drug-likeness (QED) is 0.917. The van der Waals surface area contributed by atoms with Crippen molar-refractivity contribution in [3.63, 3.8) is 0 Å². The molecule has 1 atom stereocenters. The van der Waals surface area contributed by atoms with E-state index in [4.69, 9.17) is 22.1 Å². The molecule has 94 valence electrons. The molecular weight excluding hydrogens is 274 g/mol. The van der Waals surface area contributed by atoms with E-state index in [0.29, 0.717) is 0 Å². The Labute approximate surface area is 111 Å². The molecule has 1 aromatic carbocycles. The lowest BCUT2D eigenvalue weighted by Crippen LogP contribution is -2.26. The molecule has 1 unspecified atom stereocenters. The molecule has 0 heterocycles. The van der Waals surface area contributed by atoms with Gasteiger partial charge >= 0.3 is 0 Å². The smallest absolute Gasteiger partial charge is 0.249 e. The van der Waals surface area contributed by atoms with E-state index in [1.807, 2.05) is 6.07 Å². The molecule has 0 aliphatic carbocycles. The fraction of sp³-hybridized carbons (Fsp3) is 0.273. The second-order valence-corrected chi connectivity index (χ2v) is 5.75. The third kappa shape index (κ3) is 3.13. The van der Waals surface area contributed by atoms with Crippen molar-refractivity contribution in [3.05, 3.63) is 28.8 Å². The molecule has 0 saturated carbocycles. The molecule has 0 aliphatic heterocycles.